The number of carbonyl (C=O) groups is 1. The Morgan fingerprint density at radius 2 is 2.05 bits per heavy atom. The molecule has 5 nitrogen and oxygen atoms in total. The van der Waals surface area contributed by atoms with Crippen molar-refractivity contribution in [3.8, 4) is 0 Å². The second-order valence-electron chi connectivity index (χ2n) is 6.31. The van der Waals surface area contributed by atoms with E-state index in [0.29, 0.717) is 18.9 Å². The summed E-state index contributed by atoms with van der Waals surface area (Å²) in [7, 11) is 0. The molecule has 22 heavy (non-hydrogen) atoms. The number of esters is 1. The van der Waals surface area contributed by atoms with Crippen LogP contribution >= 0.6 is 0 Å². The maximum Gasteiger partial charge on any atom is 0.329 e. The van der Waals surface area contributed by atoms with Crippen molar-refractivity contribution >= 4 is 5.97 Å². The van der Waals surface area contributed by atoms with Gasteiger partial charge in [-0.2, -0.15) is 0 Å². The number of nitrogens with zero attached hydrogens (tertiary/aromatic N) is 2. The monoisotopic (exact) mass is 306 g/mol. The van der Waals surface area contributed by atoms with Crippen molar-refractivity contribution < 1.29 is 9.53 Å². The lowest BCUT2D eigenvalue weighted by molar-refractivity contribution is -0.147. The molecular weight excluding hydrogens is 280 g/mol. The topological polar surface area (TPSA) is 51.5 Å². The first-order chi connectivity index (χ1) is 10.5. The molecule has 1 aliphatic heterocycles. The van der Waals surface area contributed by atoms with Crippen LogP contribution in [0, 0.1) is 5.92 Å². The average Bonchev–Trinajstić information content (AvgIpc) is 2.42. The lowest BCUT2D eigenvalue weighted by Gasteiger charge is -2.31. The van der Waals surface area contributed by atoms with Crippen LogP contribution < -0.4 is 5.56 Å². The Bertz CT molecular complexity index is 561. The first kappa shape index (κ1) is 16.7. The fourth-order valence-electron chi connectivity index (χ4n) is 2.69. The third kappa shape index (κ3) is 4.19. The summed E-state index contributed by atoms with van der Waals surface area (Å²) in [6.07, 6.45) is 3.66. The Kier molecular flexibility index (Phi) is 5.77. The van der Waals surface area contributed by atoms with Crippen molar-refractivity contribution in [1.29, 1.82) is 0 Å². The molecule has 1 fully saturated rings. The van der Waals surface area contributed by atoms with Gasteiger partial charge in [0.15, 0.2) is 0 Å². The molecule has 1 saturated heterocycles. The standard InChI is InChI=1S/C17H26N2O3/c1-4-22-17(21)15(10-13(2)3)19-12-14(6-7-16(19)20)11-18-8-5-9-18/h6-7,12-13,15H,4-5,8-11H2,1-3H3. The van der Waals surface area contributed by atoms with Crippen LogP contribution in [0.15, 0.2) is 23.1 Å². The molecule has 0 amide bonds. The summed E-state index contributed by atoms with van der Waals surface area (Å²) in [4.78, 5) is 26.8. The summed E-state index contributed by atoms with van der Waals surface area (Å²) in [5.41, 5.74) is 0.920. The second kappa shape index (κ2) is 7.58. The molecule has 1 aliphatic rings. The van der Waals surface area contributed by atoms with Gasteiger partial charge in [-0.1, -0.05) is 19.9 Å². The summed E-state index contributed by atoms with van der Waals surface area (Å²) < 4.78 is 6.71. The quantitative estimate of drug-likeness (QED) is 0.725. The van der Waals surface area contributed by atoms with E-state index in [2.05, 4.69) is 4.90 Å². The van der Waals surface area contributed by atoms with Gasteiger partial charge in [0, 0.05) is 18.8 Å². The molecule has 0 bridgehead atoms. The van der Waals surface area contributed by atoms with Gasteiger partial charge in [0.1, 0.15) is 6.04 Å². The van der Waals surface area contributed by atoms with Crippen LogP contribution in [-0.4, -0.2) is 35.1 Å². The molecule has 2 heterocycles. The number of rotatable bonds is 7. The maximum atomic E-state index is 12.2. The van der Waals surface area contributed by atoms with E-state index in [1.807, 2.05) is 26.1 Å². The predicted octanol–water partition coefficient (Wildman–Crippen LogP) is 2.20. The van der Waals surface area contributed by atoms with E-state index in [1.54, 1.807) is 17.6 Å². The molecular formula is C17H26N2O3. The van der Waals surface area contributed by atoms with Crippen LogP contribution in [0.4, 0.5) is 0 Å². The van der Waals surface area contributed by atoms with E-state index in [9.17, 15) is 9.59 Å². The van der Waals surface area contributed by atoms with Gasteiger partial charge in [0.2, 0.25) is 0 Å². The summed E-state index contributed by atoms with van der Waals surface area (Å²) in [6.45, 7) is 9.24. The number of carbonyl (C=O) groups excluding carboxylic acids is 1. The minimum absolute atomic E-state index is 0.147. The lowest BCUT2D eigenvalue weighted by Crippen LogP contribution is -2.37. The van der Waals surface area contributed by atoms with E-state index < -0.39 is 6.04 Å². The molecule has 0 aromatic carbocycles. The second-order valence-corrected chi connectivity index (χ2v) is 6.31. The normalized spacial score (nSPS) is 16.4. The Balaban J connectivity index is 2.25. The molecule has 1 unspecified atom stereocenters. The van der Waals surface area contributed by atoms with Crippen molar-refractivity contribution in [1.82, 2.24) is 9.47 Å². The molecule has 122 valence electrons. The van der Waals surface area contributed by atoms with Crippen molar-refractivity contribution in [3.63, 3.8) is 0 Å². The maximum absolute atomic E-state index is 12.2. The van der Waals surface area contributed by atoms with Gasteiger partial charge in [0.05, 0.1) is 6.61 Å². The zero-order valence-corrected chi connectivity index (χ0v) is 13.7. The van der Waals surface area contributed by atoms with Gasteiger partial charge in [-0.15, -0.1) is 0 Å². The van der Waals surface area contributed by atoms with E-state index in [1.165, 1.54) is 6.42 Å². The van der Waals surface area contributed by atoms with Crippen LogP contribution in [0.3, 0.4) is 0 Å². The highest BCUT2D eigenvalue weighted by molar-refractivity contribution is 5.74. The van der Waals surface area contributed by atoms with Crippen LogP contribution in [0.2, 0.25) is 0 Å². The van der Waals surface area contributed by atoms with E-state index in [0.717, 1.165) is 25.2 Å². The number of likely N-dealkylation sites (tertiary alicyclic amines) is 1. The molecule has 0 saturated carbocycles. The predicted molar refractivity (Wildman–Crippen MR) is 85.7 cm³/mol. The van der Waals surface area contributed by atoms with Crippen molar-refractivity contribution in [2.24, 2.45) is 5.92 Å². The minimum atomic E-state index is -0.538. The molecule has 0 N–H and O–H groups in total. The summed E-state index contributed by atoms with van der Waals surface area (Å²) in [5, 5.41) is 0. The molecule has 1 aromatic rings. The van der Waals surface area contributed by atoms with Crippen LogP contribution in [0.1, 0.15) is 45.2 Å². The number of hydrogen-bond donors (Lipinski definition) is 0. The fraction of sp³-hybridized carbons (Fsp3) is 0.647. The molecule has 2 rings (SSSR count). The molecule has 0 radical (unpaired) electrons. The van der Waals surface area contributed by atoms with Crippen LogP contribution in [-0.2, 0) is 16.1 Å². The van der Waals surface area contributed by atoms with Crippen molar-refractivity contribution in [2.45, 2.75) is 46.2 Å². The fourth-order valence-corrected chi connectivity index (χ4v) is 2.69. The SMILES string of the molecule is CCOC(=O)C(CC(C)C)n1cc(CN2CCC2)ccc1=O. The largest absolute Gasteiger partial charge is 0.464 e. The molecule has 1 atom stereocenters. The first-order valence-corrected chi connectivity index (χ1v) is 8.11. The number of aromatic nitrogens is 1. The molecule has 0 aliphatic carbocycles. The van der Waals surface area contributed by atoms with E-state index in [-0.39, 0.29) is 11.5 Å². The number of pyridine rings is 1. The number of hydrogen-bond acceptors (Lipinski definition) is 4. The minimum Gasteiger partial charge on any atom is -0.464 e. The third-order valence-corrected chi connectivity index (χ3v) is 3.94. The average molecular weight is 306 g/mol. The van der Waals surface area contributed by atoms with Gasteiger partial charge >= 0.3 is 5.97 Å². The third-order valence-electron chi connectivity index (χ3n) is 3.94. The van der Waals surface area contributed by atoms with Gasteiger partial charge in [0.25, 0.3) is 5.56 Å². The highest BCUT2D eigenvalue weighted by Gasteiger charge is 2.24. The van der Waals surface area contributed by atoms with Crippen molar-refractivity contribution in [3.05, 3.63) is 34.2 Å². The van der Waals surface area contributed by atoms with Crippen LogP contribution in [0.25, 0.3) is 0 Å². The van der Waals surface area contributed by atoms with Gasteiger partial charge in [-0.25, -0.2) is 4.79 Å². The number of ether oxygens (including phenoxy) is 1. The smallest absolute Gasteiger partial charge is 0.329 e. The summed E-state index contributed by atoms with van der Waals surface area (Å²) in [6, 6.07) is 2.87. The van der Waals surface area contributed by atoms with E-state index in [4.69, 9.17) is 4.74 Å². The van der Waals surface area contributed by atoms with Crippen molar-refractivity contribution in [2.75, 3.05) is 19.7 Å². The Hall–Kier alpha value is -1.62. The van der Waals surface area contributed by atoms with Gasteiger partial charge < -0.3 is 9.30 Å². The van der Waals surface area contributed by atoms with Gasteiger partial charge in [-0.3, -0.25) is 9.69 Å². The Morgan fingerprint density at radius 3 is 2.59 bits per heavy atom. The zero-order valence-electron chi connectivity index (χ0n) is 13.7. The van der Waals surface area contributed by atoms with Crippen LogP contribution in [0.5, 0.6) is 0 Å². The highest BCUT2D eigenvalue weighted by atomic mass is 16.5. The summed E-state index contributed by atoms with van der Waals surface area (Å²) in [5.74, 6) is -0.0141. The lowest BCUT2D eigenvalue weighted by atomic mass is 10.0. The van der Waals surface area contributed by atoms with Gasteiger partial charge in [-0.05, 0) is 44.3 Å². The zero-order chi connectivity index (χ0) is 16.1. The summed E-state index contributed by atoms with van der Waals surface area (Å²) >= 11 is 0. The molecule has 5 heteroatoms. The van der Waals surface area contributed by atoms with E-state index >= 15 is 0 Å². The molecule has 0 spiro atoms. The molecule has 1 aromatic heterocycles. The Morgan fingerprint density at radius 1 is 1.32 bits per heavy atom. The first-order valence-electron chi connectivity index (χ1n) is 8.11. The Labute approximate surface area is 131 Å². The highest BCUT2D eigenvalue weighted by Crippen LogP contribution is 2.19.